The SMILES string of the molecule is COc1cc(OC)c(-c2nc(NCC#C[C@@H](CC3CC3)c3ccc(C)c(F)c3)sc2C)cc1C.Cl. The largest absolute Gasteiger partial charge is 0.496 e. The summed E-state index contributed by atoms with van der Waals surface area (Å²) >= 11 is 1.60. The lowest BCUT2D eigenvalue weighted by Gasteiger charge is -2.12. The van der Waals surface area contributed by atoms with Gasteiger partial charge < -0.3 is 14.8 Å². The van der Waals surface area contributed by atoms with Gasteiger partial charge in [0, 0.05) is 22.4 Å². The first-order valence-corrected chi connectivity index (χ1v) is 12.4. The highest BCUT2D eigenvalue weighted by molar-refractivity contribution is 7.16. The van der Waals surface area contributed by atoms with Crippen molar-refractivity contribution in [2.75, 3.05) is 26.1 Å². The smallest absolute Gasteiger partial charge is 0.184 e. The number of rotatable bonds is 8. The van der Waals surface area contributed by atoms with E-state index in [4.69, 9.17) is 14.5 Å². The van der Waals surface area contributed by atoms with E-state index in [2.05, 4.69) is 24.1 Å². The summed E-state index contributed by atoms with van der Waals surface area (Å²) < 4.78 is 25.1. The second kappa shape index (κ2) is 11.8. The van der Waals surface area contributed by atoms with Crippen LogP contribution in [0.3, 0.4) is 0 Å². The maximum absolute atomic E-state index is 14.1. The molecule has 35 heavy (non-hydrogen) atoms. The van der Waals surface area contributed by atoms with Crippen LogP contribution in [0.2, 0.25) is 0 Å². The van der Waals surface area contributed by atoms with Crippen molar-refractivity contribution >= 4 is 28.9 Å². The van der Waals surface area contributed by atoms with Gasteiger partial charge in [-0.3, -0.25) is 0 Å². The van der Waals surface area contributed by atoms with Crippen LogP contribution in [0, 0.1) is 44.3 Å². The zero-order chi connectivity index (χ0) is 24.2. The van der Waals surface area contributed by atoms with E-state index in [0.29, 0.717) is 18.0 Å². The first kappa shape index (κ1) is 26.8. The summed E-state index contributed by atoms with van der Waals surface area (Å²) in [6.07, 6.45) is 3.49. The van der Waals surface area contributed by atoms with E-state index in [1.807, 2.05) is 31.2 Å². The van der Waals surface area contributed by atoms with Crippen LogP contribution in [0.15, 0.2) is 30.3 Å². The molecular formula is C28H32ClFN2O2S. The Morgan fingerprint density at radius 3 is 2.49 bits per heavy atom. The molecule has 4 nitrogen and oxygen atoms in total. The van der Waals surface area contributed by atoms with Gasteiger partial charge in [0.1, 0.15) is 17.3 Å². The zero-order valence-corrected chi connectivity index (χ0v) is 22.5. The number of hydrogen-bond acceptors (Lipinski definition) is 5. The van der Waals surface area contributed by atoms with Crippen LogP contribution in [0.5, 0.6) is 11.5 Å². The van der Waals surface area contributed by atoms with E-state index in [1.165, 1.54) is 12.8 Å². The Hall–Kier alpha value is -2.75. The molecule has 3 aromatic rings. The molecule has 0 spiro atoms. The molecule has 2 aromatic carbocycles. The Labute approximate surface area is 217 Å². The highest BCUT2D eigenvalue weighted by Crippen LogP contribution is 2.40. The fourth-order valence-electron chi connectivity index (χ4n) is 4.05. The van der Waals surface area contributed by atoms with Gasteiger partial charge in [0.25, 0.3) is 0 Å². The van der Waals surface area contributed by atoms with Gasteiger partial charge in [-0.05, 0) is 61.9 Å². The molecule has 7 heteroatoms. The van der Waals surface area contributed by atoms with Crippen molar-refractivity contribution in [3.05, 3.63) is 57.7 Å². The van der Waals surface area contributed by atoms with E-state index in [-0.39, 0.29) is 24.1 Å². The molecule has 1 fully saturated rings. The quantitative estimate of drug-likeness (QED) is 0.320. The van der Waals surface area contributed by atoms with Crippen LogP contribution in [-0.2, 0) is 0 Å². The predicted octanol–water partition coefficient (Wildman–Crippen LogP) is 7.31. The van der Waals surface area contributed by atoms with E-state index in [0.717, 1.165) is 50.3 Å². The standard InChI is InChI=1S/C28H31FN2O2S.ClH/c1-17-8-11-22(15-24(17)29)21(14-20-9-10-20)7-6-12-30-28-31-27(19(3)34-28)23-13-18(2)25(32-4)16-26(23)33-5;/h8,11,13,15-16,20-21H,9-10,12,14H2,1-5H3,(H,30,31);1H/t21-;/m0./s1. The molecule has 1 atom stereocenters. The van der Waals surface area contributed by atoms with Gasteiger partial charge >= 0.3 is 0 Å². The molecule has 1 aliphatic carbocycles. The molecular weight excluding hydrogens is 483 g/mol. The van der Waals surface area contributed by atoms with Gasteiger partial charge in [-0.25, -0.2) is 9.37 Å². The second-order valence-corrected chi connectivity index (χ2v) is 10.1. The van der Waals surface area contributed by atoms with Crippen molar-refractivity contribution in [1.29, 1.82) is 0 Å². The molecule has 0 saturated heterocycles. The summed E-state index contributed by atoms with van der Waals surface area (Å²) in [5.74, 6) is 8.77. The van der Waals surface area contributed by atoms with Crippen molar-refractivity contribution in [1.82, 2.24) is 4.98 Å². The number of nitrogens with one attached hydrogen (secondary N) is 1. The van der Waals surface area contributed by atoms with E-state index in [1.54, 1.807) is 38.5 Å². The normalized spacial score (nSPS) is 13.3. The van der Waals surface area contributed by atoms with Gasteiger partial charge in [0.2, 0.25) is 0 Å². The number of thiazole rings is 1. The number of ether oxygens (including phenoxy) is 2. The maximum Gasteiger partial charge on any atom is 0.184 e. The number of benzene rings is 2. The van der Waals surface area contributed by atoms with Crippen LogP contribution in [0.4, 0.5) is 9.52 Å². The average Bonchev–Trinajstić information content (AvgIpc) is 3.57. The minimum atomic E-state index is -0.159. The maximum atomic E-state index is 14.1. The molecule has 4 rings (SSSR count). The van der Waals surface area contributed by atoms with Crippen molar-refractivity contribution in [3.63, 3.8) is 0 Å². The third-order valence-corrected chi connectivity index (χ3v) is 7.17. The fraction of sp³-hybridized carbons (Fsp3) is 0.393. The van der Waals surface area contributed by atoms with Gasteiger partial charge in [-0.1, -0.05) is 36.8 Å². The molecule has 0 bridgehead atoms. The van der Waals surface area contributed by atoms with E-state index in [9.17, 15) is 4.39 Å². The van der Waals surface area contributed by atoms with E-state index >= 15 is 0 Å². The topological polar surface area (TPSA) is 43.4 Å². The lowest BCUT2D eigenvalue weighted by atomic mass is 9.93. The van der Waals surface area contributed by atoms with Crippen molar-refractivity contribution in [3.8, 4) is 34.6 Å². The highest BCUT2D eigenvalue weighted by Gasteiger charge is 2.25. The van der Waals surface area contributed by atoms with Gasteiger partial charge in [-0.2, -0.15) is 0 Å². The second-order valence-electron chi connectivity index (χ2n) is 8.86. The third kappa shape index (κ3) is 6.48. The number of aromatic nitrogens is 1. The van der Waals surface area contributed by atoms with Crippen LogP contribution in [-0.4, -0.2) is 25.7 Å². The molecule has 1 aromatic heterocycles. The van der Waals surface area contributed by atoms with Gasteiger partial charge in [0.15, 0.2) is 5.13 Å². The Kier molecular flexibility index (Phi) is 9.04. The summed E-state index contributed by atoms with van der Waals surface area (Å²) in [6.45, 7) is 6.34. The Balaban J connectivity index is 0.00000342. The minimum Gasteiger partial charge on any atom is -0.496 e. The lowest BCUT2D eigenvalue weighted by molar-refractivity contribution is 0.393. The third-order valence-electron chi connectivity index (χ3n) is 6.24. The summed E-state index contributed by atoms with van der Waals surface area (Å²) in [6, 6.07) is 9.45. The molecule has 1 N–H and O–H groups in total. The van der Waals surface area contributed by atoms with E-state index < -0.39 is 0 Å². The summed E-state index contributed by atoms with van der Waals surface area (Å²) in [5, 5.41) is 4.16. The molecule has 186 valence electrons. The first-order chi connectivity index (χ1) is 16.4. The van der Waals surface area contributed by atoms with Crippen LogP contribution in [0.1, 0.15) is 46.7 Å². The van der Waals surface area contributed by atoms with Gasteiger partial charge in [-0.15, -0.1) is 23.7 Å². The fourth-order valence-corrected chi connectivity index (χ4v) is 4.87. The molecule has 0 unspecified atom stereocenters. The molecule has 0 amide bonds. The van der Waals surface area contributed by atoms with Crippen molar-refractivity contribution in [2.45, 2.75) is 46.0 Å². The van der Waals surface area contributed by atoms with Crippen molar-refractivity contribution < 1.29 is 13.9 Å². The number of halogens is 2. The number of hydrogen-bond donors (Lipinski definition) is 1. The summed E-state index contributed by atoms with van der Waals surface area (Å²) in [7, 11) is 3.31. The van der Waals surface area contributed by atoms with Gasteiger partial charge in [0.05, 0.1) is 26.5 Å². The molecule has 1 aliphatic rings. The zero-order valence-electron chi connectivity index (χ0n) is 20.8. The average molecular weight is 515 g/mol. The van der Waals surface area contributed by atoms with Crippen LogP contribution >= 0.6 is 23.7 Å². The summed E-state index contributed by atoms with van der Waals surface area (Å²) in [5.41, 5.74) is 4.50. The Bertz CT molecular complexity index is 1240. The first-order valence-electron chi connectivity index (χ1n) is 11.6. The molecule has 0 radical (unpaired) electrons. The van der Waals surface area contributed by atoms with Crippen molar-refractivity contribution in [2.24, 2.45) is 5.92 Å². The number of aryl methyl sites for hydroxylation is 3. The molecule has 1 heterocycles. The predicted molar refractivity (Wildman–Crippen MR) is 145 cm³/mol. The Morgan fingerprint density at radius 1 is 1.09 bits per heavy atom. The monoisotopic (exact) mass is 514 g/mol. The molecule has 0 aliphatic heterocycles. The molecule has 1 saturated carbocycles. The number of methoxy groups -OCH3 is 2. The number of anilines is 1. The Morgan fingerprint density at radius 2 is 1.83 bits per heavy atom. The lowest BCUT2D eigenvalue weighted by Crippen LogP contribution is -2.02. The van der Waals surface area contributed by atoms with Crippen LogP contribution < -0.4 is 14.8 Å². The highest BCUT2D eigenvalue weighted by atomic mass is 35.5. The van der Waals surface area contributed by atoms with Crippen LogP contribution in [0.25, 0.3) is 11.3 Å². The minimum absolute atomic E-state index is 0. The number of nitrogens with zero attached hydrogens (tertiary/aromatic N) is 1. The summed E-state index contributed by atoms with van der Waals surface area (Å²) in [4.78, 5) is 5.91.